The summed E-state index contributed by atoms with van der Waals surface area (Å²) in [6.45, 7) is 2.12. The van der Waals surface area contributed by atoms with Gasteiger partial charge in [0, 0.05) is 18.4 Å². The number of ether oxygens (including phenoxy) is 2. The molecule has 3 nitrogen and oxygen atoms in total. The van der Waals surface area contributed by atoms with Crippen LogP contribution in [-0.2, 0) is 4.74 Å². The van der Waals surface area contributed by atoms with Gasteiger partial charge in [-0.3, -0.25) is 0 Å². The fourth-order valence-electron chi connectivity index (χ4n) is 2.73. The van der Waals surface area contributed by atoms with Crippen LogP contribution in [0.25, 0.3) is 0 Å². The van der Waals surface area contributed by atoms with Crippen molar-refractivity contribution in [3.8, 4) is 5.75 Å². The lowest BCUT2D eigenvalue weighted by molar-refractivity contribution is 0.0208. The molecule has 1 saturated carbocycles. The number of thioether (sulfide) groups is 1. The van der Waals surface area contributed by atoms with Crippen LogP contribution in [-0.4, -0.2) is 30.1 Å². The number of nitrogens with two attached hydrogens (primary N) is 1. The van der Waals surface area contributed by atoms with Gasteiger partial charge in [0.1, 0.15) is 16.8 Å². The molecule has 0 bridgehead atoms. The lowest BCUT2D eigenvalue weighted by atomic mass is 9.95. The van der Waals surface area contributed by atoms with Gasteiger partial charge in [0.15, 0.2) is 0 Å². The molecular weight excluding hydrogens is 302 g/mol. The number of benzene rings is 1. The Kier molecular flexibility index (Phi) is 6.33. The second-order valence-corrected chi connectivity index (χ2v) is 6.94. The molecule has 0 amide bonds. The van der Waals surface area contributed by atoms with Gasteiger partial charge in [-0.25, -0.2) is 0 Å². The zero-order valence-electron chi connectivity index (χ0n) is 12.6. The third-order valence-corrected chi connectivity index (χ3v) is 4.88. The van der Waals surface area contributed by atoms with Crippen molar-refractivity contribution >= 4 is 29.0 Å². The van der Waals surface area contributed by atoms with Gasteiger partial charge in [-0.15, -0.1) is 11.8 Å². The van der Waals surface area contributed by atoms with Gasteiger partial charge in [0.25, 0.3) is 0 Å². The molecule has 0 aliphatic heterocycles. The van der Waals surface area contributed by atoms with Crippen LogP contribution in [0.3, 0.4) is 0 Å². The highest BCUT2D eigenvalue weighted by Gasteiger charge is 2.24. The summed E-state index contributed by atoms with van der Waals surface area (Å²) in [6, 6.07) is 6.02. The number of hydrogen-bond acceptors (Lipinski definition) is 4. The van der Waals surface area contributed by atoms with E-state index in [0.29, 0.717) is 11.1 Å². The zero-order chi connectivity index (χ0) is 15.2. The normalized spacial score (nSPS) is 22.0. The molecule has 1 aliphatic carbocycles. The number of methoxy groups -OCH3 is 1. The molecule has 2 unspecified atom stereocenters. The molecule has 1 aromatic carbocycles. The smallest absolute Gasteiger partial charge is 0.131 e. The van der Waals surface area contributed by atoms with E-state index in [1.807, 2.05) is 18.2 Å². The predicted molar refractivity (Wildman–Crippen MR) is 92.4 cm³/mol. The fraction of sp³-hybridized carbons (Fsp3) is 0.562. The first-order chi connectivity index (χ1) is 10.2. The summed E-state index contributed by atoms with van der Waals surface area (Å²) in [5.41, 5.74) is 6.79. The maximum Gasteiger partial charge on any atom is 0.131 e. The average molecular weight is 325 g/mol. The Morgan fingerprint density at radius 3 is 2.81 bits per heavy atom. The standard InChI is InChI=1S/C16H23NO2S2/c1-3-21-14-9-5-8-13(15(14)16(17)20)19-12-7-4-6-11(10-12)18-2/h5,8-9,11-12H,3-4,6-7,10H2,1-2H3,(H2,17,20). The van der Waals surface area contributed by atoms with Crippen LogP contribution < -0.4 is 10.5 Å². The van der Waals surface area contributed by atoms with Crippen LogP contribution >= 0.6 is 24.0 Å². The van der Waals surface area contributed by atoms with Crippen molar-refractivity contribution in [3.63, 3.8) is 0 Å². The van der Waals surface area contributed by atoms with E-state index in [0.717, 1.165) is 47.6 Å². The van der Waals surface area contributed by atoms with E-state index in [9.17, 15) is 0 Å². The molecule has 0 aromatic heterocycles. The average Bonchev–Trinajstić information content (AvgIpc) is 2.47. The fourth-order valence-corrected chi connectivity index (χ4v) is 3.85. The van der Waals surface area contributed by atoms with Crippen molar-refractivity contribution in [1.82, 2.24) is 0 Å². The zero-order valence-corrected chi connectivity index (χ0v) is 14.3. The summed E-state index contributed by atoms with van der Waals surface area (Å²) >= 11 is 6.96. The van der Waals surface area contributed by atoms with Gasteiger partial charge >= 0.3 is 0 Å². The molecule has 1 fully saturated rings. The SMILES string of the molecule is CCSc1cccc(OC2CCCC(OC)C2)c1C(N)=S. The lowest BCUT2D eigenvalue weighted by Gasteiger charge is -2.29. The molecule has 21 heavy (non-hydrogen) atoms. The van der Waals surface area contributed by atoms with Crippen molar-refractivity contribution in [2.75, 3.05) is 12.9 Å². The van der Waals surface area contributed by atoms with Gasteiger partial charge in [0.05, 0.1) is 11.7 Å². The molecule has 116 valence electrons. The Balaban J connectivity index is 2.19. The molecule has 0 saturated heterocycles. The Morgan fingerprint density at radius 1 is 1.38 bits per heavy atom. The second kappa shape index (κ2) is 8.01. The molecule has 0 radical (unpaired) electrons. The van der Waals surface area contributed by atoms with Crippen LogP contribution in [0.2, 0.25) is 0 Å². The third-order valence-electron chi connectivity index (χ3n) is 3.74. The first-order valence-electron chi connectivity index (χ1n) is 7.40. The highest BCUT2D eigenvalue weighted by molar-refractivity contribution is 7.99. The van der Waals surface area contributed by atoms with Gasteiger partial charge in [-0.05, 0) is 37.1 Å². The van der Waals surface area contributed by atoms with Crippen molar-refractivity contribution < 1.29 is 9.47 Å². The van der Waals surface area contributed by atoms with Crippen LogP contribution in [0, 0.1) is 0 Å². The monoisotopic (exact) mass is 325 g/mol. The molecule has 1 aromatic rings. The number of thiocarbonyl (C=S) groups is 1. The highest BCUT2D eigenvalue weighted by Crippen LogP contribution is 2.33. The molecule has 0 spiro atoms. The predicted octanol–water partition coefficient (Wildman–Crippen LogP) is 3.77. The second-order valence-electron chi connectivity index (χ2n) is 5.19. The Labute approximate surface area is 136 Å². The summed E-state index contributed by atoms with van der Waals surface area (Å²) in [5, 5.41) is 0. The van der Waals surface area contributed by atoms with Crippen LogP contribution in [0.15, 0.2) is 23.1 Å². The molecule has 1 aliphatic rings. The molecule has 5 heteroatoms. The van der Waals surface area contributed by atoms with E-state index in [1.165, 1.54) is 0 Å². The Morgan fingerprint density at radius 2 is 2.14 bits per heavy atom. The van der Waals surface area contributed by atoms with E-state index >= 15 is 0 Å². The minimum absolute atomic E-state index is 0.179. The van der Waals surface area contributed by atoms with Crippen LogP contribution in [0.4, 0.5) is 0 Å². The summed E-state index contributed by atoms with van der Waals surface area (Å²) in [6.07, 6.45) is 4.71. The summed E-state index contributed by atoms with van der Waals surface area (Å²) < 4.78 is 11.7. The summed E-state index contributed by atoms with van der Waals surface area (Å²) in [7, 11) is 1.77. The first kappa shape index (κ1) is 16.6. The van der Waals surface area contributed by atoms with Crippen LogP contribution in [0.5, 0.6) is 5.75 Å². The van der Waals surface area contributed by atoms with Gasteiger partial charge in [-0.2, -0.15) is 0 Å². The number of hydrogen-bond donors (Lipinski definition) is 1. The van der Waals surface area contributed by atoms with E-state index in [2.05, 4.69) is 6.92 Å². The van der Waals surface area contributed by atoms with Crippen molar-refractivity contribution in [3.05, 3.63) is 23.8 Å². The van der Waals surface area contributed by atoms with Crippen molar-refractivity contribution in [1.29, 1.82) is 0 Å². The topological polar surface area (TPSA) is 44.5 Å². The first-order valence-corrected chi connectivity index (χ1v) is 8.80. The largest absolute Gasteiger partial charge is 0.490 e. The van der Waals surface area contributed by atoms with Crippen molar-refractivity contribution in [2.24, 2.45) is 5.73 Å². The van der Waals surface area contributed by atoms with Crippen molar-refractivity contribution in [2.45, 2.75) is 49.7 Å². The van der Waals surface area contributed by atoms with Crippen LogP contribution in [0.1, 0.15) is 38.2 Å². The summed E-state index contributed by atoms with van der Waals surface area (Å²) in [4.78, 5) is 1.50. The van der Waals surface area contributed by atoms with E-state index in [4.69, 9.17) is 27.4 Å². The Bertz CT molecular complexity index is 493. The summed E-state index contributed by atoms with van der Waals surface area (Å²) in [5.74, 6) is 1.79. The van der Waals surface area contributed by atoms with E-state index < -0.39 is 0 Å². The van der Waals surface area contributed by atoms with Gasteiger partial charge < -0.3 is 15.2 Å². The molecular formula is C16H23NO2S2. The molecule has 2 N–H and O–H groups in total. The lowest BCUT2D eigenvalue weighted by Crippen LogP contribution is -2.30. The maximum atomic E-state index is 6.21. The van der Waals surface area contributed by atoms with E-state index in [-0.39, 0.29) is 6.10 Å². The maximum absolute atomic E-state index is 6.21. The molecule has 0 heterocycles. The van der Waals surface area contributed by atoms with Gasteiger partial charge in [-0.1, -0.05) is 25.2 Å². The van der Waals surface area contributed by atoms with Gasteiger partial charge in [0.2, 0.25) is 0 Å². The highest BCUT2D eigenvalue weighted by atomic mass is 32.2. The molecule has 2 rings (SSSR count). The minimum atomic E-state index is 0.179. The minimum Gasteiger partial charge on any atom is -0.490 e. The number of rotatable bonds is 6. The molecule has 2 atom stereocenters. The van der Waals surface area contributed by atoms with E-state index in [1.54, 1.807) is 18.9 Å². The third kappa shape index (κ3) is 4.34. The Hall–Kier alpha value is -0.780. The quantitative estimate of drug-likeness (QED) is 0.637.